The Balaban J connectivity index is 2.34. The van der Waals surface area contributed by atoms with Crippen molar-refractivity contribution >= 4 is 11.9 Å². The number of carbonyl (C=O) groups excluding carboxylic acids is 2. The Hall–Kier alpha value is -1.14. The lowest BCUT2D eigenvalue weighted by Crippen LogP contribution is -2.53. The van der Waals surface area contributed by atoms with Crippen LogP contribution < -0.4 is 16.4 Å². The molecule has 6 nitrogen and oxygen atoms in total. The van der Waals surface area contributed by atoms with E-state index in [1.165, 1.54) is 0 Å². The minimum atomic E-state index is -0.794. The van der Waals surface area contributed by atoms with Crippen molar-refractivity contribution < 1.29 is 9.59 Å². The molecule has 1 rings (SSSR count). The third-order valence-corrected chi connectivity index (χ3v) is 2.25. The van der Waals surface area contributed by atoms with Gasteiger partial charge in [0.1, 0.15) is 0 Å². The monoisotopic (exact) mass is 200 g/mol. The number of rotatable bonds is 2. The van der Waals surface area contributed by atoms with Gasteiger partial charge in [0.05, 0.1) is 6.54 Å². The largest absolute Gasteiger partial charge is 0.351 e. The molecule has 1 heterocycles. The van der Waals surface area contributed by atoms with Gasteiger partial charge in [-0.15, -0.1) is 0 Å². The summed E-state index contributed by atoms with van der Waals surface area (Å²) in [6.07, 6.45) is 0. The summed E-state index contributed by atoms with van der Waals surface area (Å²) in [7, 11) is 0. The molecule has 1 aliphatic heterocycles. The van der Waals surface area contributed by atoms with Crippen LogP contribution in [0.5, 0.6) is 0 Å². The fraction of sp³-hybridized carbons (Fsp3) is 0.750. The molecule has 14 heavy (non-hydrogen) atoms. The van der Waals surface area contributed by atoms with Crippen LogP contribution in [-0.2, 0) is 4.79 Å². The molecule has 80 valence electrons. The zero-order chi connectivity index (χ0) is 10.6. The fourth-order valence-corrected chi connectivity index (χ4v) is 1.48. The van der Waals surface area contributed by atoms with Gasteiger partial charge >= 0.3 is 6.03 Å². The predicted octanol–water partition coefficient (Wildman–Crippen LogP) is -1.52. The third-order valence-electron chi connectivity index (χ3n) is 2.25. The van der Waals surface area contributed by atoms with E-state index >= 15 is 0 Å². The summed E-state index contributed by atoms with van der Waals surface area (Å²) in [5, 5.41) is 5.26. The average Bonchev–Trinajstić information content (AvgIpc) is 2.07. The van der Waals surface area contributed by atoms with Crippen molar-refractivity contribution in [1.82, 2.24) is 15.5 Å². The maximum atomic E-state index is 11.2. The summed E-state index contributed by atoms with van der Waals surface area (Å²) in [5.74, 6) is -0.341. The molecule has 6 heteroatoms. The average molecular weight is 200 g/mol. The molecule has 0 saturated carbocycles. The molecule has 0 bridgehead atoms. The molecule has 0 aromatic rings. The van der Waals surface area contributed by atoms with E-state index in [9.17, 15) is 9.59 Å². The van der Waals surface area contributed by atoms with Gasteiger partial charge in [0, 0.05) is 25.7 Å². The molecule has 1 fully saturated rings. The zero-order valence-corrected chi connectivity index (χ0v) is 8.25. The van der Waals surface area contributed by atoms with Crippen LogP contribution in [0.1, 0.15) is 6.92 Å². The number of imide groups is 1. The second kappa shape index (κ2) is 4.92. The van der Waals surface area contributed by atoms with E-state index in [1.807, 2.05) is 17.1 Å². The standard InChI is InChI=1S/C8H16N4O2/c1-6-4-10-2-3-12(6)5-7(13)11-8(9)14/h6,10H,2-5H2,1H3,(H3,9,11,13,14)/t6-/m1/s1. The normalized spacial score (nSPS) is 23.1. The van der Waals surface area contributed by atoms with Crippen LogP contribution in [0.15, 0.2) is 0 Å². The topological polar surface area (TPSA) is 87.5 Å². The molecule has 1 saturated heterocycles. The van der Waals surface area contributed by atoms with E-state index in [4.69, 9.17) is 5.73 Å². The van der Waals surface area contributed by atoms with Crippen LogP contribution in [0, 0.1) is 0 Å². The van der Waals surface area contributed by atoms with Gasteiger partial charge in [-0.2, -0.15) is 0 Å². The number of nitrogens with one attached hydrogen (secondary N) is 2. The van der Waals surface area contributed by atoms with Crippen molar-refractivity contribution in [3.05, 3.63) is 0 Å². The Labute approximate surface area is 82.8 Å². The molecule has 1 atom stereocenters. The number of nitrogens with two attached hydrogens (primary N) is 1. The highest BCUT2D eigenvalue weighted by atomic mass is 16.2. The summed E-state index contributed by atoms with van der Waals surface area (Å²) in [6.45, 7) is 4.81. The van der Waals surface area contributed by atoms with Crippen molar-refractivity contribution in [2.45, 2.75) is 13.0 Å². The summed E-state index contributed by atoms with van der Waals surface area (Å²) in [6, 6.07) is -0.486. The van der Waals surface area contributed by atoms with Gasteiger partial charge in [-0.25, -0.2) is 4.79 Å². The number of urea groups is 1. The summed E-state index contributed by atoms with van der Waals surface area (Å²) >= 11 is 0. The molecule has 0 radical (unpaired) electrons. The second-order valence-corrected chi connectivity index (χ2v) is 3.44. The Morgan fingerprint density at radius 3 is 2.93 bits per heavy atom. The molecule has 0 aliphatic carbocycles. The van der Waals surface area contributed by atoms with Gasteiger partial charge in [-0.05, 0) is 6.92 Å². The van der Waals surface area contributed by atoms with Crippen LogP contribution in [-0.4, -0.2) is 49.1 Å². The SMILES string of the molecule is C[C@@H]1CNCCN1CC(=O)NC(N)=O. The van der Waals surface area contributed by atoms with E-state index in [-0.39, 0.29) is 12.5 Å². The number of hydrogen-bond acceptors (Lipinski definition) is 4. The maximum absolute atomic E-state index is 11.2. The molecule has 0 aromatic carbocycles. The Bertz CT molecular complexity index is 231. The first-order valence-electron chi connectivity index (χ1n) is 4.63. The van der Waals surface area contributed by atoms with Gasteiger partial charge in [-0.3, -0.25) is 15.0 Å². The number of carbonyl (C=O) groups is 2. The zero-order valence-electron chi connectivity index (χ0n) is 8.25. The second-order valence-electron chi connectivity index (χ2n) is 3.44. The highest BCUT2D eigenvalue weighted by molar-refractivity contribution is 5.94. The summed E-state index contributed by atoms with van der Waals surface area (Å²) < 4.78 is 0. The van der Waals surface area contributed by atoms with Crippen molar-refractivity contribution in [2.24, 2.45) is 5.73 Å². The molecule has 0 aromatic heterocycles. The van der Waals surface area contributed by atoms with Crippen LogP contribution in [0.25, 0.3) is 0 Å². The first kappa shape index (κ1) is 10.9. The fourth-order valence-electron chi connectivity index (χ4n) is 1.48. The van der Waals surface area contributed by atoms with Crippen LogP contribution in [0.4, 0.5) is 4.79 Å². The lowest BCUT2D eigenvalue weighted by atomic mass is 10.2. The molecule has 0 unspecified atom stereocenters. The first-order chi connectivity index (χ1) is 6.59. The number of nitrogens with zero attached hydrogens (tertiary/aromatic N) is 1. The Morgan fingerprint density at radius 2 is 2.36 bits per heavy atom. The van der Waals surface area contributed by atoms with Crippen molar-refractivity contribution in [1.29, 1.82) is 0 Å². The number of hydrogen-bond donors (Lipinski definition) is 3. The smallest absolute Gasteiger partial charge is 0.318 e. The van der Waals surface area contributed by atoms with Crippen molar-refractivity contribution in [3.63, 3.8) is 0 Å². The van der Waals surface area contributed by atoms with E-state index in [0.29, 0.717) is 6.04 Å². The minimum absolute atomic E-state index is 0.228. The summed E-state index contributed by atoms with van der Waals surface area (Å²) in [4.78, 5) is 23.6. The van der Waals surface area contributed by atoms with Crippen LogP contribution in [0.2, 0.25) is 0 Å². The lowest BCUT2D eigenvalue weighted by molar-refractivity contribution is -0.121. The Morgan fingerprint density at radius 1 is 1.64 bits per heavy atom. The quantitative estimate of drug-likeness (QED) is 0.505. The highest BCUT2D eigenvalue weighted by Gasteiger charge is 2.20. The van der Waals surface area contributed by atoms with E-state index in [1.54, 1.807) is 0 Å². The van der Waals surface area contributed by atoms with Gasteiger partial charge in [0.15, 0.2) is 0 Å². The number of primary amides is 1. The molecule has 3 amide bonds. The molecular formula is C8H16N4O2. The number of piperazine rings is 1. The van der Waals surface area contributed by atoms with Crippen molar-refractivity contribution in [3.8, 4) is 0 Å². The molecule has 0 spiro atoms. The minimum Gasteiger partial charge on any atom is -0.351 e. The van der Waals surface area contributed by atoms with Gasteiger partial charge in [0.2, 0.25) is 5.91 Å². The van der Waals surface area contributed by atoms with Gasteiger partial charge < -0.3 is 11.1 Å². The molecular weight excluding hydrogens is 184 g/mol. The van der Waals surface area contributed by atoms with E-state index in [0.717, 1.165) is 19.6 Å². The maximum Gasteiger partial charge on any atom is 0.318 e. The molecule has 1 aliphatic rings. The molecule has 4 N–H and O–H groups in total. The Kier molecular flexibility index (Phi) is 3.84. The highest BCUT2D eigenvalue weighted by Crippen LogP contribution is 2.00. The summed E-state index contributed by atoms with van der Waals surface area (Å²) in [5.41, 5.74) is 4.83. The van der Waals surface area contributed by atoms with Crippen LogP contribution >= 0.6 is 0 Å². The van der Waals surface area contributed by atoms with Gasteiger partial charge in [0.25, 0.3) is 0 Å². The van der Waals surface area contributed by atoms with E-state index < -0.39 is 6.03 Å². The van der Waals surface area contributed by atoms with Gasteiger partial charge in [-0.1, -0.05) is 0 Å². The van der Waals surface area contributed by atoms with Crippen LogP contribution in [0.3, 0.4) is 0 Å². The van der Waals surface area contributed by atoms with E-state index in [2.05, 4.69) is 5.32 Å². The lowest BCUT2D eigenvalue weighted by Gasteiger charge is -2.32. The third kappa shape index (κ3) is 3.31. The first-order valence-corrected chi connectivity index (χ1v) is 4.63. The van der Waals surface area contributed by atoms with Crippen molar-refractivity contribution in [2.75, 3.05) is 26.2 Å². The predicted molar refractivity (Wildman–Crippen MR) is 51.6 cm³/mol. The number of amides is 3.